The van der Waals surface area contributed by atoms with E-state index in [1.807, 2.05) is 0 Å². The summed E-state index contributed by atoms with van der Waals surface area (Å²) in [6.45, 7) is 3.04. The number of nitrogens with zero attached hydrogens (tertiary/aromatic N) is 2. The minimum Gasteiger partial charge on any atom is -0.481 e. The first-order chi connectivity index (χ1) is 10.0. The Morgan fingerprint density at radius 1 is 1.14 bits per heavy atom. The minimum atomic E-state index is -0.833. The largest absolute Gasteiger partial charge is 0.481 e. The molecular formula is C17H20N2O2. The maximum absolute atomic E-state index is 9.00. The molecule has 21 heavy (non-hydrogen) atoms. The predicted octanol–water partition coefficient (Wildman–Crippen LogP) is 3.11. The second-order valence-corrected chi connectivity index (χ2v) is 5.14. The Labute approximate surface area is 124 Å². The van der Waals surface area contributed by atoms with Crippen LogP contribution in [-0.4, -0.2) is 34.6 Å². The summed E-state index contributed by atoms with van der Waals surface area (Å²) in [5, 5.41) is 10.0. The maximum atomic E-state index is 9.00. The first-order valence-electron chi connectivity index (χ1n) is 6.84. The number of hydrogen-bond acceptors (Lipinski definition) is 3. The molecule has 2 aromatic carbocycles. The third-order valence-corrected chi connectivity index (χ3v) is 3.14. The molecule has 0 bridgehead atoms. The van der Waals surface area contributed by atoms with Crippen LogP contribution >= 0.6 is 0 Å². The van der Waals surface area contributed by atoms with Gasteiger partial charge >= 0.3 is 0 Å². The minimum absolute atomic E-state index is 0.833. The lowest BCUT2D eigenvalue weighted by Crippen LogP contribution is -2.21. The number of aliphatic carboxylic acids is 1. The quantitative estimate of drug-likeness (QED) is 0.920. The summed E-state index contributed by atoms with van der Waals surface area (Å²) >= 11 is 0. The van der Waals surface area contributed by atoms with Crippen molar-refractivity contribution in [2.24, 2.45) is 0 Å². The molecule has 0 saturated heterocycles. The van der Waals surface area contributed by atoms with Crippen molar-refractivity contribution in [1.82, 2.24) is 9.80 Å². The van der Waals surface area contributed by atoms with E-state index in [9.17, 15) is 0 Å². The zero-order valence-corrected chi connectivity index (χ0v) is 12.4. The molecule has 0 fully saturated rings. The Morgan fingerprint density at radius 2 is 1.81 bits per heavy atom. The van der Waals surface area contributed by atoms with E-state index in [0.717, 1.165) is 20.1 Å². The summed E-state index contributed by atoms with van der Waals surface area (Å²) in [6, 6.07) is 15.2. The van der Waals surface area contributed by atoms with Gasteiger partial charge in [-0.2, -0.15) is 0 Å². The standard InChI is InChI=1S/C15H16N2.C2H4O2/c1-16-8-9-17(12-16)11-13-6-7-14-4-2-3-5-15(14)10-13;1-2(3)4/h2-10H,11-12H2,1H3;1H3,(H,3,4). The molecule has 1 aliphatic rings. The first-order valence-corrected chi connectivity index (χ1v) is 6.84. The van der Waals surface area contributed by atoms with Crippen molar-refractivity contribution in [2.75, 3.05) is 13.7 Å². The van der Waals surface area contributed by atoms with Gasteiger partial charge in [-0.15, -0.1) is 0 Å². The van der Waals surface area contributed by atoms with Gasteiger partial charge in [-0.25, -0.2) is 0 Å². The molecule has 0 amide bonds. The molecule has 0 unspecified atom stereocenters. The van der Waals surface area contributed by atoms with Crippen molar-refractivity contribution in [2.45, 2.75) is 13.5 Å². The van der Waals surface area contributed by atoms with Crippen LogP contribution in [0.4, 0.5) is 0 Å². The summed E-state index contributed by atoms with van der Waals surface area (Å²) in [5.74, 6) is -0.833. The molecule has 4 heteroatoms. The highest BCUT2D eigenvalue weighted by molar-refractivity contribution is 5.82. The van der Waals surface area contributed by atoms with E-state index in [1.165, 1.54) is 16.3 Å². The highest BCUT2D eigenvalue weighted by atomic mass is 16.4. The van der Waals surface area contributed by atoms with E-state index in [4.69, 9.17) is 9.90 Å². The molecule has 0 saturated carbocycles. The molecule has 1 heterocycles. The van der Waals surface area contributed by atoms with Gasteiger partial charge in [0.2, 0.25) is 0 Å². The Balaban J connectivity index is 0.000000361. The van der Waals surface area contributed by atoms with Crippen LogP contribution in [0.1, 0.15) is 12.5 Å². The van der Waals surface area contributed by atoms with Crippen LogP contribution < -0.4 is 0 Å². The van der Waals surface area contributed by atoms with E-state index in [-0.39, 0.29) is 0 Å². The summed E-state index contributed by atoms with van der Waals surface area (Å²) in [4.78, 5) is 13.5. The smallest absolute Gasteiger partial charge is 0.300 e. The predicted molar refractivity (Wildman–Crippen MR) is 84.6 cm³/mol. The third kappa shape index (κ3) is 4.53. The van der Waals surface area contributed by atoms with Crippen LogP contribution in [0.2, 0.25) is 0 Å². The lowest BCUT2D eigenvalue weighted by molar-refractivity contribution is -0.134. The zero-order valence-electron chi connectivity index (χ0n) is 12.4. The van der Waals surface area contributed by atoms with E-state index in [2.05, 4.69) is 71.7 Å². The van der Waals surface area contributed by atoms with Gasteiger partial charge in [0, 0.05) is 32.9 Å². The summed E-state index contributed by atoms with van der Waals surface area (Å²) in [7, 11) is 2.09. The van der Waals surface area contributed by atoms with Crippen LogP contribution in [0.3, 0.4) is 0 Å². The van der Waals surface area contributed by atoms with E-state index >= 15 is 0 Å². The van der Waals surface area contributed by atoms with Crippen LogP contribution in [0, 0.1) is 0 Å². The molecule has 110 valence electrons. The molecule has 0 radical (unpaired) electrons. The van der Waals surface area contributed by atoms with Crippen molar-refractivity contribution in [3.05, 3.63) is 60.4 Å². The van der Waals surface area contributed by atoms with Crippen LogP contribution in [-0.2, 0) is 11.3 Å². The molecule has 1 aliphatic heterocycles. The van der Waals surface area contributed by atoms with Gasteiger partial charge in [-0.3, -0.25) is 4.79 Å². The highest BCUT2D eigenvalue weighted by Gasteiger charge is 2.08. The number of carboxylic acids is 1. The molecule has 0 aliphatic carbocycles. The van der Waals surface area contributed by atoms with Gasteiger partial charge in [0.1, 0.15) is 0 Å². The second-order valence-electron chi connectivity index (χ2n) is 5.14. The molecule has 3 rings (SSSR count). The third-order valence-electron chi connectivity index (χ3n) is 3.14. The molecule has 0 spiro atoms. The van der Waals surface area contributed by atoms with Crippen molar-refractivity contribution in [1.29, 1.82) is 0 Å². The van der Waals surface area contributed by atoms with Crippen LogP contribution in [0.25, 0.3) is 10.8 Å². The monoisotopic (exact) mass is 284 g/mol. The van der Waals surface area contributed by atoms with Crippen molar-refractivity contribution in [3.8, 4) is 0 Å². The molecule has 0 aromatic heterocycles. The SMILES string of the molecule is CC(=O)O.CN1C=CN(Cc2ccc3ccccc3c2)C1. The summed E-state index contributed by atoms with van der Waals surface area (Å²) in [6.07, 6.45) is 4.26. The van der Waals surface area contributed by atoms with Crippen LogP contribution in [0.5, 0.6) is 0 Å². The second kappa shape index (κ2) is 6.79. The lowest BCUT2D eigenvalue weighted by atomic mass is 10.1. The normalized spacial score (nSPS) is 13.2. The Kier molecular flexibility index (Phi) is 4.82. The fourth-order valence-corrected chi connectivity index (χ4v) is 2.26. The molecular weight excluding hydrogens is 264 g/mol. The highest BCUT2D eigenvalue weighted by Crippen LogP contribution is 2.18. The zero-order chi connectivity index (χ0) is 15.2. The Morgan fingerprint density at radius 3 is 2.43 bits per heavy atom. The summed E-state index contributed by atoms with van der Waals surface area (Å²) in [5.41, 5.74) is 1.36. The average molecular weight is 284 g/mol. The van der Waals surface area contributed by atoms with E-state index in [0.29, 0.717) is 0 Å². The van der Waals surface area contributed by atoms with Gasteiger partial charge in [0.05, 0.1) is 6.67 Å². The van der Waals surface area contributed by atoms with Gasteiger partial charge in [-0.1, -0.05) is 36.4 Å². The van der Waals surface area contributed by atoms with Gasteiger partial charge < -0.3 is 14.9 Å². The van der Waals surface area contributed by atoms with Gasteiger partial charge in [-0.05, 0) is 22.4 Å². The Bertz CT molecular complexity index is 648. The van der Waals surface area contributed by atoms with Gasteiger partial charge in [0.15, 0.2) is 0 Å². The van der Waals surface area contributed by atoms with E-state index in [1.54, 1.807) is 0 Å². The summed E-state index contributed by atoms with van der Waals surface area (Å²) < 4.78 is 0. The van der Waals surface area contributed by atoms with E-state index < -0.39 is 5.97 Å². The van der Waals surface area contributed by atoms with Crippen LogP contribution in [0.15, 0.2) is 54.9 Å². The number of fused-ring (bicyclic) bond motifs is 1. The Hall–Kier alpha value is -2.49. The topological polar surface area (TPSA) is 43.8 Å². The molecule has 2 aromatic rings. The average Bonchev–Trinajstić information content (AvgIpc) is 2.83. The fraction of sp³-hybridized carbons (Fsp3) is 0.235. The van der Waals surface area contributed by atoms with Crippen molar-refractivity contribution in [3.63, 3.8) is 0 Å². The number of carboxylic acid groups (broad SMARTS) is 1. The van der Waals surface area contributed by atoms with Crippen molar-refractivity contribution < 1.29 is 9.90 Å². The number of carbonyl (C=O) groups is 1. The maximum Gasteiger partial charge on any atom is 0.300 e. The van der Waals surface area contributed by atoms with Gasteiger partial charge in [0.25, 0.3) is 5.97 Å². The number of hydrogen-bond donors (Lipinski definition) is 1. The first kappa shape index (κ1) is 14.9. The lowest BCUT2D eigenvalue weighted by Gasteiger charge is -2.18. The number of rotatable bonds is 2. The molecule has 0 atom stereocenters. The fourth-order valence-electron chi connectivity index (χ4n) is 2.26. The molecule has 1 N–H and O–H groups in total. The molecule has 4 nitrogen and oxygen atoms in total. The van der Waals surface area contributed by atoms with Crippen molar-refractivity contribution >= 4 is 16.7 Å². The number of benzene rings is 2.